The number of hydrogen-bond donors (Lipinski definition) is 1. The molecule has 0 radical (unpaired) electrons. The summed E-state index contributed by atoms with van der Waals surface area (Å²) in [5, 5.41) is 3.17. The van der Waals surface area contributed by atoms with Crippen LogP contribution in [0.25, 0.3) is 10.9 Å². The Morgan fingerprint density at radius 1 is 0.974 bits per heavy atom. The maximum Gasteiger partial charge on any atom is 0.332 e. The first-order valence-electron chi connectivity index (χ1n) is 11.0. The summed E-state index contributed by atoms with van der Waals surface area (Å²) in [7, 11) is -8.42. The lowest BCUT2D eigenvalue weighted by Crippen LogP contribution is -2.16. The van der Waals surface area contributed by atoms with Gasteiger partial charge in [-0.2, -0.15) is 0 Å². The number of hydrogen-bond acceptors (Lipinski definition) is 8. The lowest BCUT2D eigenvalue weighted by atomic mass is 10.2. The molecule has 1 heterocycles. The Bertz CT molecular complexity index is 1870. The quantitative estimate of drug-likeness (QED) is 0.151. The summed E-state index contributed by atoms with van der Waals surface area (Å²) < 4.78 is 88.3. The van der Waals surface area contributed by atoms with Crippen molar-refractivity contribution in [2.45, 2.75) is 23.6 Å². The largest absolute Gasteiger partial charge is 0.453 e. The molecule has 2 N–H and O–H groups in total. The molecular weight excluding hydrogens is 556 g/mol. The molecule has 0 aliphatic rings. The number of halogens is 2. The summed E-state index contributed by atoms with van der Waals surface area (Å²) in [4.78, 5) is 14.7. The van der Waals surface area contributed by atoms with Crippen LogP contribution in [0.1, 0.15) is 18.1 Å². The highest BCUT2D eigenvalue weighted by Crippen LogP contribution is 2.39. The van der Waals surface area contributed by atoms with Crippen LogP contribution in [0.3, 0.4) is 0 Å². The van der Waals surface area contributed by atoms with E-state index in [-0.39, 0.29) is 27.1 Å². The first kappa shape index (κ1) is 27.7. The Balaban J connectivity index is 1.87. The summed E-state index contributed by atoms with van der Waals surface area (Å²) in [6, 6.07) is 11.0. The number of rotatable bonds is 7. The highest BCUT2D eigenvalue weighted by molar-refractivity contribution is 7.91. The molecule has 0 bridgehead atoms. The predicted octanol–water partition coefficient (Wildman–Crippen LogP) is 3.84. The van der Waals surface area contributed by atoms with E-state index in [0.29, 0.717) is 0 Å². The topological polar surface area (TPSA) is 147 Å². The van der Waals surface area contributed by atoms with Gasteiger partial charge in [0.25, 0.3) is 10.0 Å². The van der Waals surface area contributed by atoms with Crippen molar-refractivity contribution in [3.8, 4) is 11.5 Å². The van der Waals surface area contributed by atoms with Crippen LogP contribution in [-0.4, -0.2) is 38.9 Å². The number of benzene rings is 3. The second-order valence-electron chi connectivity index (χ2n) is 8.45. The zero-order valence-electron chi connectivity index (χ0n) is 20.7. The number of ether oxygens (including phenoxy) is 1. The molecule has 204 valence electrons. The maximum atomic E-state index is 15.5. The third-order valence-corrected chi connectivity index (χ3v) is 8.33. The summed E-state index contributed by atoms with van der Waals surface area (Å²) in [5.41, 5.74) is 5.87. The fourth-order valence-electron chi connectivity index (χ4n) is 3.72. The Hall–Kier alpha value is -4.30. The van der Waals surface area contributed by atoms with Crippen LogP contribution < -0.4 is 10.5 Å². The third kappa shape index (κ3) is 5.47. The van der Waals surface area contributed by atoms with Gasteiger partial charge in [-0.15, -0.1) is 0 Å². The number of sulfone groups is 1. The number of nitrogens with zero attached hydrogens (tertiary/aromatic N) is 2. The molecule has 10 nitrogen and oxygen atoms in total. The van der Waals surface area contributed by atoms with Gasteiger partial charge in [-0.1, -0.05) is 22.9 Å². The zero-order chi connectivity index (χ0) is 28.7. The first-order valence-corrected chi connectivity index (χ1v) is 14.4. The number of oxime groups is 1. The summed E-state index contributed by atoms with van der Waals surface area (Å²) in [6.07, 6.45) is 1.92. The smallest absolute Gasteiger partial charge is 0.332 e. The number of nitrogens with two attached hydrogens (primary N) is 1. The van der Waals surface area contributed by atoms with E-state index in [1.807, 2.05) is 0 Å². The van der Waals surface area contributed by atoms with Gasteiger partial charge in [0.1, 0.15) is 16.5 Å². The predicted molar refractivity (Wildman–Crippen MR) is 138 cm³/mol. The maximum absolute atomic E-state index is 15.5. The van der Waals surface area contributed by atoms with E-state index in [1.165, 1.54) is 18.2 Å². The van der Waals surface area contributed by atoms with Crippen LogP contribution >= 0.6 is 0 Å². The van der Waals surface area contributed by atoms with E-state index >= 15 is 4.39 Å². The van der Waals surface area contributed by atoms with Crippen molar-refractivity contribution < 1.29 is 40.0 Å². The van der Waals surface area contributed by atoms with Gasteiger partial charge in [0, 0.05) is 30.8 Å². The van der Waals surface area contributed by atoms with Crippen LogP contribution in [-0.2, 0) is 29.5 Å². The summed E-state index contributed by atoms with van der Waals surface area (Å²) in [6.45, 7) is 2.83. The third-order valence-electron chi connectivity index (χ3n) is 5.48. The number of amidine groups is 1. The molecule has 0 unspecified atom stereocenters. The fraction of sp³-hybridized carbons (Fsp3) is 0.120. The molecule has 0 atom stereocenters. The molecule has 1 aromatic heterocycles. The Labute approximate surface area is 222 Å². The minimum absolute atomic E-state index is 0.0842. The highest BCUT2D eigenvalue weighted by atomic mass is 32.2. The summed E-state index contributed by atoms with van der Waals surface area (Å²) in [5.74, 6) is -4.41. The lowest BCUT2D eigenvalue weighted by Gasteiger charge is -2.15. The second-order valence-corrected chi connectivity index (χ2v) is 12.2. The standard InChI is InChI=1S/C25H21F2N3O7S2/c1-14-4-7-17(8-5-14)39(34,35)30-11-10-18-22(30)13-21(27)23(24(18)38(3,32)33)36-16-6-9-20(26)19(12-16)25(28)29-37-15(2)31/h4-13H,1-3H3,(H2,28,29). The van der Waals surface area contributed by atoms with Crippen LogP contribution in [0.4, 0.5) is 8.78 Å². The van der Waals surface area contributed by atoms with Gasteiger partial charge < -0.3 is 15.3 Å². The van der Waals surface area contributed by atoms with Crippen molar-refractivity contribution in [1.82, 2.24) is 3.97 Å². The van der Waals surface area contributed by atoms with Crippen LogP contribution in [0.2, 0.25) is 0 Å². The number of carbonyl (C=O) groups is 1. The minimum atomic E-state index is -4.21. The number of aryl methyl sites for hydroxylation is 1. The van der Waals surface area contributed by atoms with Crippen molar-refractivity contribution in [1.29, 1.82) is 0 Å². The van der Waals surface area contributed by atoms with Gasteiger partial charge in [0.05, 0.1) is 16.0 Å². The van der Waals surface area contributed by atoms with Crippen molar-refractivity contribution in [2.75, 3.05) is 6.26 Å². The SMILES string of the molecule is CC(=O)O/N=C(\N)c1cc(Oc2c(F)cc3c(ccn3S(=O)(=O)c3ccc(C)cc3)c2S(C)(=O)=O)ccc1F. The van der Waals surface area contributed by atoms with Gasteiger partial charge >= 0.3 is 5.97 Å². The number of fused-ring (bicyclic) bond motifs is 1. The molecule has 0 aliphatic carbocycles. The van der Waals surface area contributed by atoms with E-state index in [9.17, 15) is 26.0 Å². The van der Waals surface area contributed by atoms with Crippen LogP contribution in [0.5, 0.6) is 11.5 Å². The molecule has 0 spiro atoms. The van der Waals surface area contributed by atoms with Gasteiger partial charge in [-0.05, 0) is 43.3 Å². The molecule has 39 heavy (non-hydrogen) atoms. The molecule has 0 amide bonds. The van der Waals surface area contributed by atoms with Crippen molar-refractivity contribution in [3.05, 3.63) is 83.6 Å². The van der Waals surface area contributed by atoms with Crippen molar-refractivity contribution in [2.24, 2.45) is 10.9 Å². The van der Waals surface area contributed by atoms with Gasteiger partial charge in [0.15, 0.2) is 27.2 Å². The number of aromatic nitrogens is 1. The molecule has 4 rings (SSSR count). The molecule has 0 saturated heterocycles. The Morgan fingerprint density at radius 2 is 1.64 bits per heavy atom. The molecule has 14 heteroatoms. The minimum Gasteiger partial charge on any atom is -0.453 e. The molecule has 0 saturated carbocycles. The molecule has 0 aliphatic heterocycles. The first-order chi connectivity index (χ1) is 18.2. The highest BCUT2D eigenvalue weighted by Gasteiger charge is 2.28. The Morgan fingerprint density at radius 3 is 2.26 bits per heavy atom. The van der Waals surface area contributed by atoms with E-state index in [0.717, 1.165) is 53.2 Å². The van der Waals surface area contributed by atoms with Crippen LogP contribution in [0, 0.1) is 18.6 Å². The van der Waals surface area contributed by atoms with E-state index < -0.39 is 53.9 Å². The number of carbonyl (C=O) groups excluding carboxylic acids is 1. The van der Waals surface area contributed by atoms with Gasteiger partial charge in [-0.3, -0.25) is 0 Å². The molecular formula is C25H21F2N3O7S2. The normalized spacial score (nSPS) is 12.5. The van der Waals surface area contributed by atoms with Gasteiger partial charge in [-0.25, -0.2) is 34.4 Å². The van der Waals surface area contributed by atoms with Crippen molar-refractivity contribution >= 4 is 42.6 Å². The van der Waals surface area contributed by atoms with E-state index in [4.69, 9.17) is 10.5 Å². The summed E-state index contributed by atoms with van der Waals surface area (Å²) >= 11 is 0. The van der Waals surface area contributed by atoms with E-state index in [1.54, 1.807) is 19.1 Å². The van der Waals surface area contributed by atoms with E-state index in [2.05, 4.69) is 9.99 Å². The van der Waals surface area contributed by atoms with Crippen LogP contribution in [0.15, 0.2) is 75.7 Å². The molecule has 0 fully saturated rings. The fourth-order valence-corrected chi connectivity index (χ4v) is 6.10. The van der Waals surface area contributed by atoms with Gasteiger partial charge in [0.2, 0.25) is 0 Å². The average molecular weight is 578 g/mol. The molecule has 4 aromatic rings. The second kappa shape index (κ2) is 10.1. The zero-order valence-corrected chi connectivity index (χ0v) is 22.3. The monoisotopic (exact) mass is 577 g/mol. The Kier molecular flexibility index (Phi) is 7.19. The molecule has 3 aromatic carbocycles. The lowest BCUT2D eigenvalue weighted by molar-refractivity contribution is -0.140. The van der Waals surface area contributed by atoms with Crippen molar-refractivity contribution in [3.63, 3.8) is 0 Å². The average Bonchev–Trinajstić information content (AvgIpc) is 3.27.